The van der Waals surface area contributed by atoms with Gasteiger partial charge in [0.05, 0.1) is 11.3 Å². The number of aromatic nitrogens is 1. The lowest BCUT2D eigenvalue weighted by Crippen LogP contribution is -2.23. The fourth-order valence-corrected chi connectivity index (χ4v) is 3.16. The molecule has 0 aliphatic carbocycles. The van der Waals surface area contributed by atoms with E-state index in [1.807, 2.05) is 37.3 Å². The monoisotopic (exact) mass is 461 g/mol. The Morgan fingerprint density at radius 3 is 2.58 bits per heavy atom. The number of benzene rings is 2. The summed E-state index contributed by atoms with van der Waals surface area (Å²) < 4.78 is 14.9. The van der Waals surface area contributed by atoms with Crippen LogP contribution < -0.4 is 10.6 Å². The van der Waals surface area contributed by atoms with E-state index < -0.39 is 5.82 Å². The van der Waals surface area contributed by atoms with Crippen LogP contribution in [0.1, 0.15) is 21.5 Å². The molecule has 0 radical (unpaired) electrons. The van der Waals surface area contributed by atoms with E-state index in [0.717, 1.165) is 20.4 Å². The summed E-state index contributed by atoms with van der Waals surface area (Å²) in [6.45, 7) is 2.34. The van der Waals surface area contributed by atoms with Gasteiger partial charge in [-0.1, -0.05) is 0 Å². The van der Waals surface area contributed by atoms with E-state index >= 15 is 0 Å². The largest absolute Gasteiger partial charge is 0.355 e. The third-order valence-electron chi connectivity index (χ3n) is 3.89. The van der Waals surface area contributed by atoms with Crippen LogP contribution in [0.3, 0.4) is 0 Å². The minimum atomic E-state index is -0.402. The lowest BCUT2D eigenvalue weighted by Gasteiger charge is -2.14. The first-order valence-corrected chi connectivity index (χ1v) is 9.10. The predicted molar refractivity (Wildman–Crippen MR) is 109 cm³/mol. The van der Waals surface area contributed by atoms with Crippen molar-refractivity contribution in [1.29, 1.82) is 0 Å². The SMILES string of the molecule is Cc1cc(I)ccc1Nc1cc(F)ccc1C(=O)NCc1ccncc1. The Kier molecular flexibility index (Phi) is 5.82. The highest BCUT2D eigenvalue weighted by atomic mass is 127. The molecule has 0 atom stereocenters. The molecular weight excluding hydrogens is 444 g/mol. The summed E-state index contributed by atoms with van der Waals surface area (Å²) >= 11 is 2.24. The van der Waals surface area contributed by atoms with Crippen molar-refractivity contribution in [2.45, 2.75) is 13.5 Å². The Morgan fingerprint density at radius 2 is 1.85 bits per heavy atom. The second-order valence-electron chi connectivity index (χ2n) is 5.81. The molecule has 6 heteroatoms. The Labute approximate surface area is 165 Å². The van der Waals surface area contributed by atoms with E-state index in [1.54, 1.807) is 12.4 Å². The van der Waals surface area contributed by atoms with Crippen molar-refractivity contribution in [2.24, 2.45) is 0 Å². The Hall–Kier alpha value is -2.48. The summed E-state index contributed by atoms with van der Waals surface area (Å²) in [4.78, 5) is 16.5. The van der Waals surface area contributed by atoms with Gasteiger partial charge in [-0.2, -0.15) is 0 Å². The van der Waals surface area contributed by atoms with Crippen molar-refractivity contribution in [3.63, 3.8) is 0 Å². The number of hydrogen-bond acceptors (Lipinski definition) is 3. The normalized spacial score (nSPS) is 10.4. The lowest BCUT2D eigenvalue weighted by molar-refractivity contribution is 0.0951. The minimum absolute atomic E-state index is 0.271. The molecule has 0 fully saturated rings. The Balaban J connectivity index is 1.82. The van der Waals surface area contributed by atoms with Crippen LogP contribution in [-0.2, 0) is 6.54 Å². The summed E-state index contributed by atoms with van der Waals surface area (Å²) in [6, 6.07) is 13.7. The van der Waals surface area contributed by atoms with Crippen molar-refractivity contribution in [3.05, 3.63) is 87.0 Å². The van der Waals surface area contributed by atoms with E-state index in [0.29, 0.717) is 17.8 Å². The van der Waals surface area contributed by atoms with E-state index in [4.69, 9.17) is 0 Å². The van der Waals surface area contributed by atoms with Gasteiger partial charge in [0, 0.05) is 28.2 Å². The van der Waals surface area contributed by atoms with Gasteiger partial charge in [0.15, 0.2) is 0 Å². The van der Waals surface area contributed by atoms with Crippen LogP contribution in [0.4, 0.5) is 15.8 Å². The Bertz CT molecular complexity index is 932. The van der Waals surface area contributed by atoms with Gasteiger partial charge >= 0.3 is 0 Å². The standard InChI is InChI=1S/C20H17FIN3O/c1-13-10-16(22)3-5-18(13)25-19-11-15(21)2-4-17(19)20(26)24-12-14-6-8-23-9-7-14/h2-11,25H,12H2,1H3,(H,24,26). The van der Waals surface area contributed by atoms with Crippen molar-refractivity contribution in [3.8, 4) is 0 Å². The quantitative estimate of drug-likeness (QED) is 0.537. The van der Waals surface area contributed by atoms with Crippen LogP contribution in [0.5, 0.6) is 0 Å². The highest BCUT2D eigenvalue weighted by Crippen LogP contribution is 2.26. The summed E-state index contributed by atoms with van der Waals surface area (Å²) in [5.41, 5.74) is 3.61. The molecule has 4 nitrogen and oxygen atoms in total. The zero-order chi connectivity index (χ0) is 18.5. The lowest BCUT2D eigenvalue weighted by atomic mass is 10.1. The van der Waals surface area contributed by atoms with Gasteiger partial charge in [-0.25, -0.2) is 4.39 Å². The zero-order valence-corrected chi connectivity index (χ0v) is 16.2. The second-order valence-corrected chi connectivity index (χ2v) is 7.06. The topological polar surface area (TPSA) is 54.0 Å². The molecule has 0 unspecified atom stereocenters. The van der Waals surface area contributed by atoms with Crippen molar-refractivity contribution < 1.29 is 9.18 Å². The number of rotatable bonds is 5. The van der Waals surface area contributed by atoms with E-state index in [2.05, 4.69) is 38.2 Å². The third-order valence-corrected chi connectivity index (χ3v) is 4.56. The molecule has 0 saturated carbocycles. The number of pyridine rings is 1. The number of halogens is 2. The first-order chi connectivity index (χ1) is 12.5. The van der Waals surface area contributed by atoms with E-state index in [-0.39, 0.29) is 5.91 Å². The van der Waals surface area contributed by atoms with Gasteiger partial charge < -0.3 is 10.6 Å². The maximum Gasteiger partial charge on any atom is 0.253 e. The highest BCUT2D eigenvalue weighted by molar-refractivity contribution is 14.1. The number of carbonyl (C=O) groups excluding carboxylic acids is 1. The summed E-state index contributed by atoms with van der Waals surface area (Å²) in [5.74, 6) is -0.672. The molecule has 1 heterocycles. The smallest absolute Gasteiger partial charge is 0.253 e. The minimum Gasteiger partial charge on any atom is -0.355 e. The van der Waals surface area contributed by atoms with Gasteiger partial charge in [0.1, 0.15) is 5.82 Å². The number of carbonyl (C=O) groups is 1. The van der Waals surface area contributed by atoms with Crippen molar-refractivity contribution >= 4 is 39.9 Å². The van der Waals surface area contributed by atoms with Gasteiger partial charge in [0.2, 0.25) is 0 Å². The molecule has 132 valence electrons. The number of anilines is 2. The number of hydrogen-bond donors (Lipinski definition) is 2. The maximum absolute atomic E-state index is 13.7. The molecule has 3 aromatic rings. The van der Waals surface area contributed by atoms with Crippen LogP contribution in [0.15, 0.2) is 60.9 Å². The van der Waals surface area contributed by atoms with Gasteiger partial charge in [-0.15, -0.1) is 0 Å². The summed E-state index contributed by atoms with van der Waals surface area (Å²) in [5, 5.41) is 6.03. The molecule has 0 spiro atoms. The molecule has 0 aliphatic rings. The molecular formula is C20H17FIN3O. The molecule has 1 aromatic heterocycles. The van der Waals surface area contributed by atoms with Crippen molar-refractivity contribution in [2.75, 3.05) is 5.32 Å². The maximum atomic E-state index is 13.7. The number of nitrogens with zero attached hydrogens (tertiary/aromatic N) is 1. The molecule has 2 N–H and O–H groups in total. The predicted octanol–water partition coefficient (Wildman–Crippen LogP) is 4.81. The van der Waals surface area contributed by atoms with Gasteiger partial charge in [-0.05, 0) is 89.2 Å². The molecule has 3 rings (SSSR count). The van der Waals surface area contributed by atoms with Crippen LogP contribution in [-0.4, -0.2) is 10.9 Å². The summed E-state index contributed by atoms with van der Waals surface area (Å²) in [7, 11) is 0. The fraction of sp³-hybridized carbons (Fsp3) is 0.100. The summed E-state index contributed by atoms with van der Waals surface area (Å²) in [6.07, 6.45) is 3.35. The first kappa shape index (κ1) is 18.3. The van der Waals surface area contributed by atoms with Crippen molar-refractivity contribution in [1.82, 2.24) is 10.3 Å². The van der Waals surface area contributed by atoms with Gasteiger partial charge in [0.25, 0.3) is 5.91 Å². The van der Waals surface area contributed by atoms with Crippen LogP contribution in [0, 0.1) is 16.3 Å². The molecule has 0 saturated heterocycles. The molecule has 1 amide bonds. The number of amides is 1. The second kappa shape index (κ2) is 8.27. The van der Waals surface area contributed by atoms with E-state index in [1.165, 1.54) is 18.2 Å². The van der Waals surface area contributed by atoms with E-state index in [9.17, 15) is 9.18 Å². The average Bonchev–Trinajstić information content (AvgIpc) is 2.63. The Morgan fingerprint density at radius 1 is 1.08 bits per heavy atom. The molecule has 0 aliphatic heterocycles. The third kappa shape index (κ3) is 4.57. The first-order valence-electron chi connectivity index (χ1n) is 8.03. The van der Waals surface area contributed by atoms with Gasteiger partial charge in [-0.3, -0.25) is 9.78 Å². The molecule has 2 aromatic carbocycles. The number of aryl methyl sites for hydroxylation is 1. The average molecular weight is 461 g/mol. The molecule has 0 bridgehead atoms. The fourth-order valence-electron chi connectivity index (χ4n) is 2.51. The van der Waals surface area contributed by atoms with Crippen LogP contribution in [0.2, 0.25) is 0 Å². The molecule has 26 heavy (non-hydrogen) atoms. The van der Waals surface area contributed by atoms with Crippen LogP contribution in [0.25, 0.3) is 0 Å². The zero-order valence-electron chi connectivity index (χ0n) is 14.1. The number of nitrogens with one attached hydrogen (secondary N) is 2. The van der Waals surface area contributed by atoms with Crippen LogP contribution >= 0.6 is 22.6 Å². The highest BCUT2D eigenvalue weighted by Gasteiger charge is 2.13.